The molecule has 0 fully saturated rings. The molecular formula is C17H20N2O3S2. The van der Waals surface area contributed by atoms with E-state index in [1.54, 1.807) is 35.6 Å². The molecule has 1 amide bonds. The Kier molecular flexibility index (Phi) is 5.80. The Morgan fingerprint density at radius 2 is 2.00 bits per heavy atom. The topological polar surface area (TPSA) is 75.3 Å². The fourth-order valence-electron chi connectivity index (χ4n) is 2.13. The van der Waals surface area contributed by atoms with E-state index in [-0.39, 0.29) is 11.9 Å². The molecule has 7 heteroatoms. The molecular weight excluding hydrogens is 344 g/mol. The van der Waals surface area contributed by atoms with Crippen LogP contribution in [-0.2, 0) is 14.8 Å². The highest BCUT2D eigenvalue weighted by atomic mass is 32.2. The van der Waals surface area contributed by atoms with Crippen molar-refractivity contribution in [3.8, 4) is 0 Å². The Hall–Kier alpha value is -2.12. The van der Waals surface area contributed by atoms with Crippen molar-refractivity contribution in [1.82, 2.24) is 5.32 Å². The lowest BCUT2D eigenvalue weighted by Gasteiger charge is -2.14. The fourth-order valence-corrected chi connectivity index (χ4v) is 3.47. The van der Waals surface area contributed by atoms with Gasteiger partial charge in [-0.3, -0.25) is 9.52 Å². The maximum atomic E-state index is 12.0. The molecule has 24 heavy (non-hydrogen) atoms. The lowest BCUT2D eigenvalue weighted by atomic mass is 10.1. The first-order chi connectivity index (χ1) is 11.2. The highest BCUT2D eigenvalue weighted by Gasteiger charge is 2.09. The second-order valence-electron chi connectivity index (χ2n) is 5.51. The first kappa shape index (κ1) is 18.2. The van der Waals surface area contributed by atoms with Gasteiger partial charge >= 0.3 is 0 Å². The van der Waals surface area contributed by atoms with Gasteiger partial charge in [0.2, 0.25) is 15.9 Å². The molecule has 2 aromatic rings. The largest absolute Gasteiger partial charge is 0.346 e. The summed E-state index contributed by atoms with van der Waals surface area (Å²) in [5.74, 6) is -0.199. The van der Waals surface area contributed by atoms with E-state index in [4.69, 9.17) is 0 Å². The van der Waals surface area contributed by atoms with Crippen LogP contribution in [0, 0.1) is 6.92 Å². The summed E-state index contributed by atoms with van der Waals surface area (Å²) >= 11 is 1.62. The predicted molar refractivity (Wildman–Crippen MR) is 99.6 cm³/mol. The Morgan fingerprint density at radius 3 is 2.62 bits per heavy atom. The molecule has 0 bridgehead atoms. The van der Waals surface area contributed by atoms with Crippen molar-refractivity contribution in [2.75, 3.05) is 11.0 Å². The highest BCUT2D eigenvalue weighted by molar-refractivity contribution is 7.92. The van der Waals surface area contributed by atoms with Crippen LogP contribution in [0.4, 0.5) is 5.69 Å². The summed E-state index contributed by atoms with van der Waals surface area (Å²) in [6, 6.07) is 10.7. The summed E-state index contributed by atoms with van der Waals surface area (Å²) in [7, 11) is -3.33. The zero-order chi connectivity index (χ0) is 17.7. The van der Waals surface area contributed by atoms with Crippen molar-refractivity contribution in [3.05, 3.63) is 57.8 Å². The van der Waals surface area contributed by atoms with Crippen LogP contribution in [0.3, 0.4) is 0 Å². The van der Waals surface area contributed by atoms with Crippen molar-refractivity contribution in [2.45, 2.75) is 19.9 Å². The Bertz CT molecular complexity index is 854. The molecule has 2 rings (SSSR count). The summed E-state index contributed by atoms with van der Waals surface area (Å²) in [5, 5.41) is 2.86. The quantitative estimate of drug-likeness (QED) is 0.772. The van der Waals surface area contributed by atoms with Gasteiger partial charge in [0, 0.05) is 21.5 Å². The minimum Gasteiger partial charge on any atom is -0.346 e. The number of carbonyl (C=O) groups excluding carboxylic acids is 1. The van der Waals surface area contributed by atoms with Crippen LogP contribution in [0.5, 0.6) is 0 Å². The third-order valence-corrected chi connectivity index (χ3v) is 4.78. The van der Waals surface area contributed by atoms with Crippen molar-refractivity contribution < 1.29 is 13.2 Å². The van der Waals surface area contributed by atoms with Crippen molar-refractivity contribution in [3.63, 3.8) is 0 Å². The standard InChI is InChI=1S/C17H20N2O3S2/c1-12-7-8-16(23-12)9-10-17(20)18-13(2)14-5-4-6-15(11-14)19-24(3,21)22/h4-11,13,19H,1-3H3,(H,18,20)/b10-9+/t13-/m0/s1. The van der Waals surface area contributed by atoms with Crippen LogP contribution in [0.1, 0.15) is 28.3 Å². The second-order valence-corrected chi connectivity index (χ2v) is 8.58. The molecule has 0 aliphatic carbocycles. The number of hydrogen-bond acceptors (Lipinski definition) is 4. The van der Waals surface area contributed by atoms with Gasteiger partial charge in [-0.05, 0) is 49.8 Å². The minimum atomic E-state index is -3.33. The maximum absolute atomic E-state index is 12.0. The number of aryl methyl sites for hydroxylation is 1. The third kappa shape index (κ3) is 5.82. The highest BCUT2D eigenvalue weighted by Crippen LogP contribution is 2.19. The van der Waals surface area contributed by atoms with Crippen molar-refractivity contribution in [1.29, 1.82) is 0 Å². The van der Waals surface area contributed by atoms with E-state index in [2.05, 4.69) is 10.0 Å². The van der Waals surface area contributed by atoms with Crippen molar-refractivity contribution >= 4 is 39.0 Å². The van der Waals surface area contributed by atoms with E-state index in [9.17, 15) is 13.2 Å². The summed E-state index contributed by atoms with van der Waals surface area (Å²) in [6.45, 7) is 3.86. The molecule has 0 aliphatic heterocycles. The molecule has 1 aromatic carbocycles. The average Bonchev–Trinajstić information content (AvgIpc) is 2.89. The van der Waals surface area contributed by atoms with Gasteiger partial charge in [0.25, 0.3) is 0 Å². The maximum Gasteiger partial charge on any atom is 0.244 e. The molecule has 1 heterocycles. The van der Waals surface area contributed by atoms with Crippen LogP contribution in [0.25, 0.3) is 6.08 Å². The second kappa shape index (κ2) is 7.63. The molecule has 0 spiro atoms. The molecule has 0 aliphatic rings. The Balaban J connectivity index is 2.01. The Labute approximate surface area is 146 Å². The van der Waals surface area contributed by atoms with Gasteiger partial charge < -0.3 is 5.32 Å². The molecule has 0 radical (unpaired) electrons. The van der Waals surface area contributed by atoms with Gasteiger partial charge in [-0.2, -0.15) is 0 Å². The van der Waals surface area contributed by atoms with Crippen LogP contribution < -0.4 is 10.0 Å². The van der Waals surface area contributed by atoms with Crippen LogP contribution in [0.2, 0.25) is 0 Å². The van der Waals surface area contributed by atoms with Crippen molar-refractivity contribution in [2.24, 2.45) is 0 Å². The first-order valence-corrected chi connectivity index (χ1v) is 10.1. The van der Waals surface area contributed by atoms with Crippen LogP contribution in [0.15, 0.2) is 42.5 Å². The molecule has 128 valence electrons. The van der Waals surface area contributed by atoms with E-state index >= 15 is 0 Å². The molecule has 5 nitrogen and oxygen atoms in total. The van der Waals surface area contributed by atoms with Gasteiger partial charge in [-0.1, -0.05) is 12.1 Å². The monoisotopic (exact) mass is 364 g/mol. The normalized spacial score (nSPS) is 13.0. The van der Waals surface area contributed by atoms with E-state index in [0.717, 1.165) is 16.7 Å². The number of benzene rings is 1. The van der Waals surface area contributed by atoms with E-state index in [1.165, 1.54) is 11.0 Å². The van der Waals surface area contributed by atoms with E-state index in [1.807, 2.05) is 32.0 Å². The molecule has 1 atom stereocenters. The first-order valence-electron chi connectivity index (χ1n) is 7.36. The lowest BCUT2D eigenvalue weighted by Crippen LogP contribution is -2.24. The molecule has 0 unspecified atom stereocenters. The number of hydrogen-bond donors (Lipinski definition) is 2. The number of nitrogens with one attached hydrogen (secondary N) is 2. The smallest absolute Gasteiger partial charge is 0.244 e. The summed E-state index contributed by atoms with van der Waals surface area (Å²) in [6.07, 6.45) is 4.38. The lowest BCUT2D eigenvalue weighted by molar-refractivity contribution is -0.117. The van der Waals surface area contributed by atoms with Gasteiger partial charge in [0.05, 0.1) is 12.3 Å². The van der Waals surface area contributed by atoms with Gasteiger partial charge in [0.1, 0.15) is 0 Å². The molecule has 0 saturated heterocycles. The number of rotatable bonds is 6. The number of sulfonamides is 1. The molecule has 1 aromatic heterocycles. The molecule has 2 N–H and O–H groups in total. The zero-order valence-electron chi connectivity index (χ0n) is 13.7. The Morgan fingerprint density at radius 1 is 1.25 bits per heavy atom. The van der Waals surface area contributed by atoms with Gasteiger partial charge in [-0.25, -0.2) is 8.42 Å². The van der Waals surface area contributed by atoms with Crippen LogP contribution in [-0.4, -0.2) is 20.6 Å². The summed E-state index contributed by atoms with van der Waals surface area (Å²) in [5.41, 5.74) is 1.29. The summed E-state index contributed by atoms with van der Waals surface area (Å²) in [4.78, 5) is 14.2. The zero-order valence-corrected chi connectivity index (χ0v) is 15.4. The molecule has 0 saturated carbocycles. The number of amides is 1. The number of anilines is 1. The minimum absolute atomic E-state index is 0.199. The van der Waals surface area contributed by atoms with Gasteiger partial charge in [-0.15, -0.1) is 11.3 Å². The SMILES string of the molecule is Cc1ccc(/C=C/C(=O)N[C@@H](C)c2cccc(NS(C)(=O)=O)c2)s1. The van der Waals surface area contributed by atoms with E-state index in [0.29, 0.717) is 5.69 Å². The van der Waals surface area contributed by atoms with Gasteiger partial charge in [0.15, 0.2) is 0 Å². The summed E-state index contributed by atoms with van der Waals surface area (Å²) < 4.78 is 25.0. The number of carbonyl (C=O) groups is 1. The number of thiophene rings is 1. The van der Waals surface area contributed by atoms with E-state index < -0.39 is 10.0 Å². The fraction of sp³-hybridized carbons (Fsp3) is 0.235. The average molecular weight is 364 g/mol. The predicted octanol–water partition coefficient (Wildman–Crippen LogP) is 3.32. The third-order valence-electron chi connectivity index (χ3n) is 3.21. The van der Waals surface area contributed by atoms with Crippen LogP contribution >= 0.6 is 11.3 Å².